The minimum Gasteiger partial charge on any atom is -0.368 e. The zero-order valence-electron chi connectivity index (χ0n) is 12.2. The second-order valence-corrected chi connectivity index (χ2v) is 7.66. The van der Waals surface area contributed by atoms with E-state index in [2.05, 4.69) is 21.8 Å². The zero-order valence-corrected chi connectivity index (χ0v) is 13.8. The summed E-state index contributed by atoms with van der Waals surface area (Å²) < 4.78 is 7.91. The molecule has 0 radical (unpaired) electrons. The molecule has 0 bridgehead atoms. The van der Waals surface area contributed by atoms with E-state index in [0.29, 0.717) is 6.61 Å². The molecule has 2 fully saturated rings. The van der Waals surface area contributed by atoms with Gasteiger partial charge < -0.3 is 14.6 Å². The van der Waals surface area contributed by atoms with Crippen LogP contribution in [0, 0.1) is 0 Å². The van der Waals surface area contributed by atoms with Crippen LogP contribution in [0.3, 0.4) is 0 Å². The lowest BCUT2D eigenvalue weighted by molar-refractivity contribution is -0.121. The van der Waals surface area contributed by atoms with Crippen LogP contribution < -0.4 is 5.32 Å². The van der Waals surface area contributed by atoms with Gasteiger partial charge in [-0.05, 0) is 13.3 Å². The molecule has 0 aromatic carbocycles. The summed E-state index contributed by atoms with van der Waals surface area (Å²) in [5, 5.41) is 3.27. The number of ether oxygens (including phenoxy) is 1. The number of rotatable bonds is 4. The molecule has 3 rings (SSSR count). The quantitative estimate of drug-likeness (QED) is 0.912. The fourth-order valence-corrected chi connectivity index (χ4v) is 5.32. The molecule has 7 heteroatoms. The van der Waals surface area contributed by atoms with E-state index in [1.807, 2.05) is 18.0 Å². The van der Waals surface area contributed by atoms with Gasteiger partial charge in [0.25, 0.3) is 0 Å². The Kier molecular flexibility index (Phi) is 5.13. The van der Waals surface area contributed by atoms with E-state index in [-0.39, 0.29) is 23.3 Å². The molecule has 2 aliphatic heterocycles. The van der Waals surface area contributed by atoms with Crippen LogP contribution in [0.1, 0.15) is 25.3 Å². The van der Waals surface area contributed by atoms with Gasteiger partial charge in [-0.15, -0.1) is 11.8 Å². The Morgan fingerprint density at radius 1 is 1.57 bits per heavy atom. The first-order chi connectivity index (χ1) is 10.3. The molecule has 3 atom stereocenters. The maximum atomic E-state index is 12.4. The molecule has 116 valence electrons. The van der Waals surface area contributed by atoms with Gasteiger partial charge in [0.1, 0.15) is 11.9 Å². The van der Waals surface area contributed by atoms with E-state index in [1.165, 1.54) is 0 Å². The number of hydrogen-bond acceptors (Lipinski definition) is 5. The third-order valence-corrected chi connectivity index (χ3v) is 6.62. The number of hydrogen-bond donors (Lipinski definition) is 1. The van der Waals surface area contributed by atoms with E-state index in [0.717, 1.165) is 36.0 Å². The molecule has 0 unspecified atom stereocenters. The van der Waals surface area contributed by atoms with Crippen molar-refractivity contribution >= 4 is 29.4 Å². The molecule has 2 aliphatic rings. The fourth-order valence-electron chi connectivity index (χ4n) is 2.75. The van der Waals surface area contributed by atoms with Crippen LogP contribution in [0.25, 0.3) is 0 Å². The summed E-state index contributed by atoms with van der Waals surface area (Å²) in [6, 6.07) is 0.0396. The highest BCUT2D eigenvalue weighted by Gasteiger charge is 2.35. The van der Waals surface area contributed by atoms with Crippen molar-refractivity contribution in [1.29, 1.82) is 0 Å². The van der Waals surface area contributed by atoms with Crippen LogP contribution in [0.2, 0.25) is 0 Å². The van der Waals surface area contributed by atoms with Gasteiger partial charge in [-0.3, -0.25) is 4.79 Å². The standard InChI is InChI=1S/C14H21N3O2S2/c1-2-17-5-4-15-13(17)12-10(3-6-19-12)16-14(18)11-9-20-7-8-21-11/h4-5,10-12H,2-3,6-9H2,1H3,(H,16,18)/t10-,11+,12-/m0/s1. The van der Waals surface area contributed by atoms with Crippen molar-refractivity contribution < 1.29 is 9.53 Å². The average Bonchev–Trinajstić information content (AvgIpc) is 3.16. The third-order valence-electron chi connectivity index (χ3n) is 3.87. The van der Waals surface area contributed by atoms with Crippen molar-refractivity contribution in [3.8, 4) is 0 Å². The van der Waals surface area contributed by atoms with Gasteiger partial charge in [0.15, 0.2) is 0 Å². The summed E-state index contributed by atoms with van der Waals surface area (Å²) in [7, 11) is 0. The SMILES string of the molecule is CCn1ccnc1[C@H]1OCC[C@@H]1NC(=O)[C@H]1CSCCS1. The maximum absolute atomic E-state index is 12.4. The zero-order chi connectivity index (χ0) is 14.7. The van der Waals surface area contributed by atoms with Crippen molar-refractivity contribution in [3.05, 3.63) is 18.2 Å². The van der Waals surface area contributed by atoms with Crippen molar-refractivity contribution in [2.75, 3.05) is 23.9 Å². The Morgan fingerprint density at radius 2 is 2.48 bits per heavy atom. The van der Waals surface area contributed by atoms with Crippen molar-refractivity contribution in [3.63, 3.8) is 0 Å². The van der Waals surface area contributed by atoms with E-state index in [1.54, 1.807) is 18.0 Å². The first-order valence-corrected chi connectivity index (χ1v) is 9.62. The van der Waals surface area contributed by atoms with Gasteiger partial charge in [-0.2, -0.15) is 11.8 Å². The second kappa shape index (κ2) is 7.07. The number of nitrogens with one attached hydrogen (secondary N) is 1. The third kappa shape index (κ3) is 3.40. The summed E-state index contributed by atoms with van der Waals surface area (Å²) in [4.78, 5) is 16.8. The molecular formula is C14H21N3O2S2. The Bertz CT molecular complexity index is 488. The molecule has 0 spiro atoms. The van der Waals surface area contributed by atoms with Gasteiger partial charge in [0.05, 0.1) is 11.3 Å². The Balaban J connectivity index is 1.65. The van der Waals surface area contributed by atoms with Gasteiger partial charge in [0.2, 0.25) is 5.91 Å². The van der Waals surface area contributed by atoms with Gasteiger partial charge in [-0.1, -0.05) is 0 Å². The first kappa shape index (κ1) is 15.2. The molecule has 21 heavy (non-hydrogen) atoms. The van der Waals surface area contributed by atoms with Crippen LogP contribution >= 0.6 is 23.5 Å². The molecule has 0 aliphatic carbocycles. The van der Waals surface area contributed by atoms with Crippen LogP contribution in [0.5, 0.6) is 0 Å². The van der Waals surface area contributed by atoms with Crippen LogP contribution in [0.4, 0.5) is 0 Å². The molecule has 1 amide bonds. The lowest BCUT2D eigenvalue weighted by Gasteiger charge is -2.25. The molecule has 0 saturated carbocycles. The highest BCUT2D eigenvalue weighted by molar-refractivity contribution is 8.07. The first-order valence-electron chi connectivity index (χ1n) is 7.42. The number of carbonyl (C=O) groups is 1. The number of aryl methyl sites for hydroxylation is 1. The summed E-state index contributed by atoms with van der Waals surface area (Å²) >= 11 is 3.63. The molecule has 1 aromatic rings. The van der Waals surface area contributed by atoms with Crippen LogP contribution in [-0.2, 0) is 16.1 Å². The largest absolute Gasteiger partial charge is 0.368 e. The van der Waals surface area contributed by atoms with Gasteiger partial charge in [-0.25, -0.2) is 4.98 Å². The summed E-state index contributed by atoms with van der Waals surface area (Å²) in [5.41, 5.74) is 0. The maximum Gasteiger partial charge on any atom is 0.234 e. The van der Waals surface area contributed by atoms with E-state index >= 15 is 0 Å². The predicted molar refractivity (Wildman–Crippen MR) is 86.7 cm³/mol. The van der Waals surface area contributed by atoms with Crippen molar-refractivity contribution in [2.45, 2.75) is 37.3 Å². The number of amides is 1. The Labute approximate surface area is 133 Å². The minimum atomic E-state index is -0.120. The second-order valence-electron chi connectivity index (χ2n) is 5.20. The average molecular weight is 327 g/mol. The summed E-state index contributed by atoms with van der Waals surface area (Å²) in [5.74, 6) is 4.21. The highest BCUT2D eigenvalue weighted by atomic mass is 32.2. The topological polar surface area (TPSA) is 56.1 Å². The fraction of sp³-hybridized carbons (Fsp3) is 0.714. The Morgan fingerprint density at radius 3 is 3.24 bits per heavy atom. The molecule has 1 aromatic heterocycles. The molecule has 1 N–H and O–H groups in total. The highest BCUT2D eigenvalue weighted by Crippen LogP contribution is 2.29. The van der Waals surface area contributed by atoms with Gasteiger partial charge in [0, 0.05) is 42.8 Å². The monoisotopic (exact) mass is 327 g/mol. The van der Waals surface area contributed by atoms with Gasteiger partial charge >= 0.3 is 0 Å². The van der Waals surface area contributed by atoms with Crippen LogP contribution in [-0.4, -0.2) is 50.6 Å². The lowest BCUT2D eigenvalue weighted by atomic mass is 10.1. The number of carbonyl (C=O) groups excluding carboxylic acids is 1. The molecule has 5 nitrogen and oxygen atoms in total. The van der Waals surface area contributed by atoms with E-state index in [9.17, 15) is 4.79 Å². The van der Waals surface area contributed by atoms with Crippen molar-refractivity contribution in [1.82, 2.24) is 14.9 Å². The van der Waals surface area contributed by atoms with Crippen LogP contribution in [0.15, 0.2) is 12.4 Å². The van der Waals surface area contributed by atoms with E-state index in [4.69, 9.17) is 4.74 Å². The van der Waals surface area contributed by atoms with E-state index < -0.39 is 0 Å². The number of imidazole rings is 1. The number of nitrogens with zero attached hydrogens (tertiary/aromatic N) is 2. The smallest absolute Gasteiger partial charge is 0.234 e. The number of aromatic nitrogens is 2. The minimum absolute atomic E-state index is 0.0396. The van der Waals surface area contributed by atoms with Crippen molar-refractivity contribution in [2.24, 2.45) is 0 Å². The lowest BCUT2D eigenvalue weighted by Crippen LogP contribution is -2.43. The number of thioether (sulfide) groups is 2. The molecule has 3 heterocycles. The summed E-state index contributed by atoms with van der Waals surface area (Å²) in [6.07, 6.45) is 4.50. The molecular weight excluding hydrogens is 306 g/mol. The normalized spacial score (nSPS) is 29.5. The molecule has 2 saturated heterocycles. The predicted octanol–water partition coefficient (Wildman–Crippen LogP) is 1.70. The Hall–Kier alpha value is -0.660. The summed E-state index contributed by atoms with van der Waals surface area (Å²) in [6.45, 7) is 3.63.